The van der Waals surface area contributed by atoms with E-state index in [-0.39, 0.29) is 0 Å². The summed E-state index contributed by atoms with van der Waals surface area (Å²) < 4.78 is 0. The highest BCUT2D eigenvalue weighted by Gasteiger charge is 2.13. The molecule has 0 aliphatic carbocycles. The molecule has 2 aromatic carbocycles. The van der Waals surface area contributed by atoms with Crippen LogP contribution in [0.25, 0.3) is 11.1 Å². The van der Waals surface area contributed by atoms with Gasteiger partial charge in [0, 0.05) is 0 Å². The van der Waals surface area contributed by atoms with Crippen molar-refractivity contribution in [2.45, 2.75) is 6.92 Å². The van der Waals surface area contributed by atoms with Crippen LogP contribution in [0.15, 0.2) is 48.5 Å². The lowest BCUT2D eigenvalue weighted by molar-refractivity contribution is -0.0979. The lowest BCUT2D eigenvalue weighted by atomic mass is 9.76. The Kier molecular flexibility index (Phi) is 5.30. The Balaban J connectivity index is 0.000000771. The fraction of sp³-hybridized carbons (Fsp3) is 0.0714. The van der Waals surface area contributed by atoms with Crippen molar-refractivity contribution in [2.24, 2.45) is 0 Å². The first-order chi connectivity index (χ1) is 8.68. The molecule has 18 heavy (non-hydrogen) atoms. The molecule has 0 spiro atoms. The lowest BCUT2D eigenvalue weighted by Gasteiger charge is -2.07. The third-order valence-corrected chi connectivity index (χ3v) is 2.66. The van der Waals surface area contributed by atoms with E-state index in [0.717, 1.165) is 16.7 Å². The van der Waals surface area contributed by atoms with Crippen molar-refractivity contribution >= 4 is 19.4 Å². The van der Waals surface area contributed by atoms with Crippen molar-refractivity contribution < 1.29 is 14.8 Å². The van der Waals surface area contributed by atoms with Crippen LogP contribution in [0.2, 0.25) is 0 Å². The van der Waals surface area contributed by atoms with Gasteiger partial charge in [-0.25, -0.2) is 0 Å². The number of rotatable bonds is 2. The zero-order chi connectivity index (χ0) is 13.5. The molecular weight excluding hydrogens is 227 g/mol. The summed E-state index contributed by atoms with van der Waals surface area (Å²) in [5.74, 6) is 0. The number of aryl methyl sites for hydroxylation is 1. The van der Waals surface area contributed by atoms with Crippen LogP contribution in [0.1, 0.15) is 5.56 Å². The van der Waals surface area contributed by atoms with Crippen LogP contribution in [0.5, 0.6) is 0 Å². The van der Waals surface area contributed by atoms with Gasteiger partial charge in [-0.1, -0.05) is 54.1 Å². The molecule has 0 amide bonds. The number of carbonyl (C=O) groups excluding carboxylic acids is 1. The molecule has 0 fully saturated rings. The SMILES string of the molecule is C=O.Cc1cc(-c2ccccc2)ccc1B(O)O. The van der Waals surface area contributed by atoms with Gasteiger partial charge in [-0.15, -0.1) is 0 Å². The molecule has 3 nitrogen and oxygen atoms in total. The van der Waals surface area contributed by atoms with Gasteiger partial charge in [0.2, 0.25) is 0 Å². The summed E-state index contributed by atoms with van der Waals surface area (Å²) in [6.45, 7) is 3.88. The Labute approximate surface area is 107 Å². The standard InChI is InChI=1S/C13H13BO2.CH2O/c1-10-9-12(7-8-13(10)14(15)16)11-5-3-2-4-6-11;1-2/h2-9,15-16H,1H3;1H2. The third-order valence-electron chi connectivity index (χ3n) is 2.66. The van der Waals surface area contributed by atoms with Crippen LogP contribution in [-0.4, -0.2) is 24.0 Å². The highest BCUT2D eigenvalue weighted by atomic mass is 16.4. The first-order valence-electron chi connectivity index (χ1n) is 5.49. The van der Waals surface area contributed by atoms with E-state index in [1.165, 1.54) is 0 Å². The molecule has 0 unspecified atom stereocenters. The normalized spacial score (nSPS) is 9.28. The van der Waals surface area contributed by atoms with Gasteiger partial charge in [-0.2, -0.15) is 0 Å². The van der Waals surface area contributed by atoms with Gasteiger partial charge >= 0.3 is 7.12 Å². The summed E-state index contributed by atoms with van der Waals surface area (Å²) in [6, 6.07) is 15.6. The number of hydrogen-bond acceptors (Lipinski definition) is 3. The minimum atomic E-state index is -1.40. The minimum Gasteiger partial charge on any atom is -0.423 e. The summed E-state index contributed by atoms with van der Waals surface area (Å²) >= 11 is 0. The van der Waals surface area contributed by atoms with Crippen LogP contribution in [-0.2, 0) is 4.79 Å². The Morgan fingerprint density at radius 2 is 1.56 bits per heavy atom. The summed E-state index contributed by atoms with van der Waals surface area (Å²) in [4.78, 5) is 8.00. The van der Waals surface area contributed by atoms with E-state index in [1.54, 1.807) is 6.07 Å². The highest BCUT2D eigenvalue weighted by Crippen LogP contribution is 2.18. The summed E-state index contributed by atoms with van der Waals surface area (Å²) in [5, 5.41) is 18.2. The van der Waals surface area contributed by atoms with Gasteiger partial charge < -0.3 is 14.8 Å². The van der Waals surface area contributed by atoms with E-state index < -0.39 is 7.12 Å². The predicted molar refractivity (Wildman–Crippen MR) is 73.6 cm³/mol. The Bertz CT molecular complexity index is 498. The van der Waals surface area contributed by atoms with Crippen LogP contribution >= 0.6 is 0 Å². The van der Waals surface area contributed by atoms with Crippen molar-refractivity contribution in [2.75, 3.05) is 0 Å². The Hall–Kier alpha value is -1.91. The van der Waals surface area contributed by atoms with Crippen molar-refractivity contribution in [3.05, 3.63) is 54.1 Å². The lowest BCUT2D eigenvalue weighted by Crippen LogP contribution is -2.31. The topological polar surface area (TPSA) is 57.5 Å². The zero-order valence-corrected chi connectivity index (χ0v) is 10.2. The van der Waals surface area contributed by atoms with Crippen molar-refractivity contribution in [1.29, 1.82) is 0 Å². The van der Waals surface area contributed by atoms with Crippen molar-refractivity contribution in [1.82, 2.24) is 0 Å². The maximum absolute atomic E-state index is 9.12. The molecule has 0 saturated carbocycles. The van der Waals surface area contributed by atoms with Crippen LogP contribution in [0.3, 0.4) is 0 Å². The molecule has 0 aliphatic heterocycles. The first-order valence-corrected chi connectivity index (χ1v) is 5.49. The second-order valence-electron chi connectivity index (χ2n) is 3.81. The first kappa shape index (κ1) is 14.2. The summed E-state index contributed by atoms with van der Waals surface area (Å²) in [6.07, 6.45) is 0. The van der Waals surface area contributed by atoms with E-state index in [1.807, 2.05) is 56.2 Å². The van der Waals surface area contributed by atoms with Gasteiger partial charge in [0.15, 0.2) is 0 Å². The van der Waals surface area contributed by atoms with Gasteiger partial charge in [-0.3, -0.25) is 0 Å². The molecule has 4 heteroatoms. The Morgan fingerprint density at radius 1 is 0.944 bits per heavy atom. The molecule has 0 atom stereocenters. The van der Waals surface area contributed by atoms with Crippen LogP contribution in [0, 0.1) is 6.92 Å². The monoisotopic (exact) mass is 242 g/mol. The van der Waals surface area contributed by atoms with Gasteiger partial charge in [-0.05, 0) is 23.5 Å². The fourth-order valence-corrected chi connectivity index (χ4v) is 1.78. The fourth-order valence-electron chi connectivity index (χ4n) is 1.78. The smallest absolute Gasteiger partial charge is 0.423 e. The Morgan fingerprint density at radius 3 is 2.06 bits per heavy atom. The second kappa shape index (κ2) is 6.74. The molecule has 92 valence electrons. The zero-order valence-electron chi connectivity index (χ0n) is 10.2. The molecule has 0 radical (unpaired) electrons. The number of carbonyl (C=O) groups is 1. The summed E-state index contributed by atoms with van der Waals surface area (Å²) in [7, 11) is -1.40. The molecule has 2 aromatic rings. The van der Waals surface area contributed by atoms with Gasteiger partial charge in [0.25, 0.3) is 0 Å². The molecule has 2 N–H and O–H groups in total. The predicted octanol–water partition coefficient (Wildman–Crippen LogP) is 1.16. The van der Waals surface area contributed by atoms with E-state index in [4.69, 9.17) is 14.8 Å². The molecule has 2 rings (SSSR count). The van der Waals surface area contributed by atoms with E-state index in [9.17, 15) is 0 Å². The largest absolute Gasteiger partial charge is 0.488 e. The minimum absolute atomic E-state index is 0.555. The summed E-state index contributed by atoms with van der Waals surface area (Å²) in [5.41, 5.74) is 3.66. The maximum atomic E-state index is 9.12. The van der Waals surface area contributed by atoms with Crippen molar-refractivity contribution in [3.63, 3.8) is 0 Å². The van der Waals surface area contributed by atoms with E-state index in [2.05, 4.69) is 0 Å². The van der Waals surface area contributed by atoms with Gasteiger partial charge in [0.05, 0.1) is 0 Å². The van der Waals surface area contributed by atoms with Gasteiger partial charge in [0.1, 0.15) is 6.79 Å². The molecule has 0 heterocycles. The molecular formula is C14H15BO3. The average Bonchev–Trinajstić information content (AvgIpc) is 2.41. The molecule has 0 bridgehead atoms. The molecule has 0 aromatic heterocycles. The highest BCUT2D eigenvalue weighted by molar-refractivity contribution is 6.59. The van der Waals surface area contributed by atoms with E-state index in [0.29, 0.717) is 5.46 Å². The van der Waals surface area contributed by atoms with E-state index >= 15 is 0 Å². The van der Waals surface area contributed by atoms with Crippen LogP contribution < -0.4 is 5.46 Å². The molecule has 0 aliphatic rings. The average molecular weight is 242 g/mol. The third kappa shape index (κ3) is 3.29. The second-order valence-corrected chi connectivity index (χ2v) is 3.81. The van der Waals surface area contributed by atoms with Crippen LogP contribution in [0.4, 0.5) is 0 Å². The maximum Gasteiger partial charge on any atom is 0.488 e. The number of benzene rings is 2. The van der Waals surface area contributed by atoms with Crippen molar-refractivity contribution in [3.8, 4) is 11.1 Å². The number of hydrogen-bond donors (Lipinski definition) is 2. The molecule has 0 saturated heterocycles. The quantitative estimate of drug-likeness (QED) is 0.777.